The van der Waals surface area contributed by atoms with Crippen molar-refractivity contribution in [2.75, 3.05) is 0 Å². The maximum Gasteiger partial charge on any atom is 0.155 e. The summed E-state index contributed by atoms with van der Waals surface area (Å²) < 4.78 is 2.01. The monoisotopic (exact) mass is 426 g/mol. The van der Waals surface area contributed by atoms with Gasteiger partial charge in [0.2, 0.25) is 0 Å². The first kappa shape index (κ1) is 18.5. The average molecular weight is 427 g/mol. The van der Waals surface area contributed by atoms with Crippen molar-refractivity contribution in [2.24, 2.45) is 0 Å². The molecule has 31 heavy (non-hydrogen) atoms. The number of rotatable bonds is 3. The lowest BCUT2D eigenvalue weighted by molar-refractivity contribution is 0.0715. The van der Waals surface area contributed by atoms with Crippen molar-refractivity contribution in [1.82, 2.24) is 19.4 Å². The number of nitrogens with zero attached hydrogens (tertiary/aromatic N) is 4. The van der Waals surface area contributed by atoms with Gasteiger partial charge < -0.3 is 5.11 Å². The minimum absolute atomic E-state index is 0.220. The topological polar surface area (TPSA) is 63.3 Å². The van der Waals surface area contributed by atoms with Crippen LogP contribution in [0.5, 0.6) is 0 Å². The summed E-state index contributed by atoms with van der Waals surface area (Å²) in [4.78, 5) is 14.1. The summed E-state index contributed by atoms with van der Waals surface area (Å²) in [5.74, 6) is 1.14. The van der Waals surface area contributed by atoms with Crippen molar-refractivity contribution >= 4 is 28.0 Å². The lowest BCUT2D eigenvalue weighted by atomic mass is 9.82. The largest absolute Gasteiger partial charge is 0.393 e. The molecule has 5 aromatic rings. The van der Waals surface area contributed by atoms with Crippen LogP contribution in [0.15, 0.2) is 73.1 Å². The third-order valence-corrected chi connectivity index (χ3v) is 6.33. The van der Waals surface area contributed by atoms with Crippen molar-refractivity contribution in [3.05, 3.63) is 84.0 Å². The number of aliphatic hydroxyl groups is 1. The highest BCUT2D eigenvalue weighted by Gasteiger charge is 2.33. The third-order valence-electron chi connectivity index (χ3n) is 6.05. The fourth-order valence-corrected chi connectivity index (χ4v) is 4.58. The zero-order valence-electron chi connectivity index (χ0n) is 16.6. The maximum absolute atomic E-state index is 9.78. The van der Waals surface area contributed by atoms with Gasteiger partial charge in [0.25, 0.3) is 0 Å². The van der Waals surface area contributed by atoms with Gasteiger partial charge in [-0.15, -0.1) is 0 Å². The fourth-order valence-electron chi connectivity index (χ4n) is 4.35. The molecule has 0 amide bonds. The molecule has 1 saturated carbocycles. The molecule has 0 radical (unpaired) electrons. The van der Waals surface area contributed by atoms with Gasteiger partial charge >= 0.3 is 0 Å². The third kappa shape index (κ3) is 3.09. The van der Waals surface area contributed by atoms with Crippen molar-refractivity contribution in [1.29, 1.82) is 0 Å². The van der Waals surface area contributed by atoms with E-state index in [1.54, 1.807) is 6.20 Å². The van der Waals surface area contributed by atoms with E-state index in [1.807, 2.05) is 34.9 Å². The molecule has 0 aliphatic heterocycles. The van der Waals surface area contributed by atoms with Crippen LogP contribution >= 0.6 is 11.6 Å². The van der Waals surface area contributed by atoms with Crippen LogP contribution in [-0.2, 0) is 0 Å². The van der Waals surface area contributed by atoms with E-state index >= 15 is 0 Å². The van der Waals surface area contributed by atoms with Crippen molar-refractivity contribution in [2.45, 2.75) is 24.9 Å². The van der Waals surface area contributed by atoms with Crippen LogP contribution in [0, 0.1) is 0 Å². The molecule has 3 heterocycles. The summed E-state index contributed by atoms with van der Waals surface area (Å²) in [6.45, 7) is 0. The molecule has 1 aliphatic carbocycles. The summed E-state index contributed by atoms with van der Waals surface area (Å²) in [7, 11) is 0. The molecule has 0 bridgehead atoms. The number of pyridine rings is 1. The molecule has 0 unspecified atom stereocenters. The van der Waals surface area contributed by atoms with Crippen molar-refractivity contribution in [3.63, 3.8) is 0 Å². The Bertz CT molecular complexity index is 1420. The molecule has 152 valence electrons. The second kappa shape index (κ2) is 7.15. The zero-order valence-corrected chi connectivity index (χ0v) is 17.4. The standard InChI is InChI=1S/C25H19ClN4O/c26-24-23-22(29-25(18-12-19(31)13-18)30(23)11-10-27-24)17-7-6-16-8-9-20(28-21(16)14-17)15-4-2-1-3-5-15/h1-11,14,18-19,31H,12-13H2/t18-,19+. The Hall–Kier alpha value is -3.28. The number of imidazole rings is 1. The molecular formula is C25H19ClN4O. The number of aliphatic hydroxyl groups excluding tert-OH is 1. The Morgan fingerprint density at radius 2 is 1.74 bits per heavy atom. The van der Waals surface area contributed by atoms with Gasteiger partial charge in [-0.1, -0.05) is 60.1 Å². The SMILES string of the molecule is O[C@H]1C[C@@H](c2nc(-c3ccc4ccc(-c5ccccc5)nc4c3)c3c(Cl)nccn32)C1. The van der Waals surface area contributed by atoms with E-state index in [-0.39, 0.29) is 12.0 Å². The van der Waals surface area contributed by atoms with Crippen LogP contribution in [0.25, 0.3) is 38.9 Å². The molecule has 6 rings (SSSR count). The first-order valence-electron chi connectivity index (χ1n) is 10.3. The second-order valence-electron chi connectivity index (χ2n) is 8.05. The van der Waals surface area contributed by atoms with E-state index in [4.69, 9.17) is 21.6 Å². The van der Waals surface area contributed by atoms with Crippen LogP contribution in [0.1, 0.15) is 24.6 Å². The van der Waals surface area contributed by atoms with Gasteiger partial charge in [0.1, 0.15) is 11.3 Å². The Morgan fingerprint density at radius 3 is 2.55 bits per heavy atom. The fraction of sp³-hybridized carbons (Fsp3) is 0.160. The number of hydrogen-bond acceptors (Lipinski definition) is 4. The van der Waals surface area contributed by atoms with E-state index in [9.17, 15) is 5.11 Å². The summed E-state index contributed by atoms with van der Waals surface area (Å²) >= 11 is 6.51. The minimum atomic E-state index is -0.251. The molecule has 3 aromatic heterocycles. The van der Waals surface area contributed by atoms with E-state index in [2.05, 4.69) is 41.4 Å². The van der Waals surface area contributed by atoms with Crippen molar-refractivity contribution in [3.8, 4) is 22.5 Å². The number of aromatic nitrogens is 4. The Morgan fingerprint density at radius 1 is 0.935 bits per heavy atom. The summed E-state index contributed by atoms with van der Waals surface area (Å²) in [5.41, 5.74) is 5.45. The summed E-state index contributed by atoms with van der Waals surface area (Å²) in [5, 5.41) is 11.3. The smallest absolute Gasteiger partial charge is 0.155 e. The predicted octanol–water partition coefficient (Wildman–Crippen LogP) is 5.50. The molecule has 5 nitrogen and oxygen atoms in total. The average Bonchev–Trinajstić information content (AvgIpc) is 3.17. The molecule has 2 aromatic carbocycles. The van der Waals surface area contributed by atoms with Crippen molar-refractivity contribution < 1.29 is 5.11 Å². The van der Waals surface area contributed by atoms with E-state index < -0.39 is 0 Å². The summed E-state index contributed by atoms with van der Waals surface area (Å²) in [6.07, 6.45) is 4.77. The number of hydrogen-bond donors (Lipinski definition) is 1. The second-order valence-corrected chi connectivity index (χ2v) is 8.41. The lowest BCUT2D eigenvalue weighted by Crippen LogP contribution is -2.27. The van der Waals surface area contributed by atoms with Gasteiger partial charge in [0.05, 0.1) is 23.0 Å². The number of halogens is 1. The highest BCUT2D eigenvalue weighted by molar-refractivity contribution is 6.33. The molecular weight excluding hydrogens is 408 g/mol. The molecule has 1 N–H and O–H groups in total. The van der Waals surface area contributed by atoms with E-state index in [0.717, 1.165) is 57.6 Å². The number of fused-ring (bicyclic) bond motifs is 2. The normalized spacial score (nSPS) is 18.4. The highest BCUT2D eigenvalue weighted by Crippen LogP contribution is 2.40. The maximum atomic E-state index is 9.78. The van der Waals surface area contributed by atoms with Gasteiger partial charge in [-0.25, -0.2) is 15.0 Å². The Kier molecular flexibility index (Phi) is 4.26. The van der Waals surface area contributed by atoms with E-state index in [1.165, 1.54) is 0 Å². The van der Waals surface area contributed by atoms with Gasteiger partial charge in [-0.05, 0) is 25.0 Å². The molecule has 1 aliphatic rings. The van der Waals surface area contributed by atoms with E-state index in [0.29, 0.717) is 5.15 Å². The van der Waals surface area contributed by atoms with Crippen LogP contribution in [0.4, 0.5) is 0 Å². The molecule has 0 atom stereocenters. The first-order valence-corrected chi connectivity index (χ1v) is 10.7. The first-order chi connectivity index (χ1) is 15.2. The minimum Gasteiger partial charge on any atom is -0.393 e. The predicted molar refractivity (Wildman–Crippen MR) is 122 cm³/mol. The van der Waals surface area contributed by atoms with Gasteiger partial charge in [-0.2, -0.15) is 0 Å². The highest BCUT2D eigenvalue weighted by atomic mass is 35.5. The lowest BCUT2D eigenvalue weighted by Gasteiger charge is -2.30. The van der Waals surface area contributed by atoms with Crippen LogP contribution in [0.3, 0.4) is 0 Å². The quantitative estimate of drug-likeness (QED) is 0.413. The molecule has 6 heteroatoms. The van der Waals surface area contributed by atoms with Gasteiger partial charge in [0, 0.05) is 34.8 Å². The van der Waals surface area contributed by atoms with Crippen LogP contribution < -0.4 is 0 Å². The number of benzene rings is 2. The molecule has 0 saturated heterocycles. The van der Waals surface area contributed by atoms with Gasteiger partial charge in [-0.3, -0.25) is 4.40 Å². The summed E-state index contributed by atoms with van der Waals surface area (Å²) in [6, 6.07) is 20.5. The zero-order chi connectivity index (χ0) is 20.9. The molecule has 1 fully saturated rings. The Labute approximate surface area is 184 Å². The molecule has 0 spiro atoms. The van der Waals surface area contributed by atoms with Gasteiger partial charge in [0.15, 0.2) is 5.15 Å². The Balaban J connectivity index is 1.51. The van der Waals surface area contributed by atoms with Crippen LogP contribution in [0.2, 0.25) is 5.15 Å². The van der Waals surface area contributed by atoms with Crippen LogP contribution in [-0.4, -0.2) is 30.6 Å².